The number of aryl methyl sites for hydroxylation is 2. The van der Waals surface area contributed by atoms with Crippen LogP contribution >= 0.6 is 0 Å². The topological polar surface area (TPSA) is 88.5 Å². The van der Waals surface area contributed by atoms with Crippen LogP contribution in [0.5, 0.6) is 0 Å². The maximum Gasteiger partial charge on any atom is 0.277 e. The molecule has 7 nitrogen and oxygen atoms in total. The minimum absolute atomic E-state index is 0.281. The largest absolute Gasteiger partial charge is 0.354 e. The summed E-state index contributed by atoms with van der Waals surface area (Å²) in [5, 5.41) is 7.93. The van der Waals surface area contributed by atoms with Gasteiger partial charge in [-0.15, -0.1) is 0 Å². The fourth-order valence-electron chi connectivity index (χ4n) is 2.63. The molecule has 0 aliphatic heterocycles. The van der Waals surface area contributed by atoms with Crippen molar-refractivity contribution in [2.75, 3.05) is 5.32 Å². The maximum absolute atomic E-state index is 12.3. The van der Waals surface area contributed by atoms with E-state index in [0.717, 1.165) is 27.9 Å². The second-order valence-corrected chi connectivity index (χ2v) is 5.82. The van der Waals surface area contributed by atoms with Gasteiger partial charge in [0.25, 0.3) is 5.91 Å². The smallest absolute Gasteiger partial charge is 0.277 e. The minimum Gasteiger partial charge on any atom is -0.354 e. The first-order valence-electron chi connectivity index (χ1n) is 7.81. The number of amides is 1. The van der Waals surface area contributed by atoms with E-state index in [-0.39, 0.29) is 5.91 Å². The molecule has 0 fully saturated rings. The summed E-state index contributed by atoms with van der Waals surface area (Å²) in [6, 6.07) is 9.44. The lowest BCUT2D eigenvalue weighted by Crippen LogP contribution is -2.13. The van der Waals surface area contributed by atoms with E-state index in [0.29, 0.717) is 11.5 Å². The number of rotatable bonds is 3. The van der Waals surface area contributed by atoms with Crippen molar-refractivity contribution in [3.8, 4) is 11.3 Å². The van der Waals surface area contributed by atoms with Crippen molar-refractivity contribution in [1.29, 1.82) is 0 Å². The molecule has 0 atom stereocenters. The van der Waals surface area contributed by atoms with Gasteiger partial charge in [0.05, 0.1) is 5.52 Å². The highest BCUT2D eigenvalue weighted by atomic mass is 16.2. The molecule has 0 spiro atoms. The number of nitrogens with one attached hydrogen (secondary N) is 2. The van der Waals surface area contributed by atoms with Crippen LogP contribution in [0.4, 0.5) is 5.82 Å². The summed E-state index contributed by atoms with van der Waals surface area (Å²) in [6.45, 7) is 1.90. The number of nitrogens with zero attached hydrogens (tertiary/aromatic N) is 4. The zero-order valence-electron chi connectivity index (χ0n) is 13.8. The highest BCUT2D eigenvalue weighted by Gasteiger charge is 2.12. The first-order valence-corrected chi connectivity index (χ1v) is 7.81. The highest BCUT2D eigenvalue weighted by molar-refractivity contribution is 6.03. The molecule has 0 saturated heterocycles. The highest BCUT2D eigenvalue weighted by Crippen LogP contribution is 2.24. The number of hydrogen-bond donors (Lipinski definition) is 2. The molecule has 0 radical (unpaired) electrons. The molecule has 0 aliphatic carbocycles. The molecule has 0 bridgehead atoms. The van der Waals surface area contributed by atoms with Gasteiger partial charge in [-0.2, -0.15) is 5.10 Å². The SMILES string of the molecule is Cc1cc(C(=O)Nc2cc3[nH]c(-c4ccncc4)cc3cn2)nn1C. The predicted molar refractivity (Wildman–Crippen MR) is 95.2 cm³/mol. The summed E-state index contributed by atoms with van der Waals surface area (Å²) in [6.07, 6.45) is 5.23. The number of H-pyrrole nitrogens is 1. The van der Waals surface area contributed by atoms with Crippen molar-refractivity contribution in [2.45, 2.75) is 6.92 Å². The van der Waals surface area contributed by atoms with Crippen LogP contribution in [-0.4, -0.2) is 30.6 Å². The second kappa shape index (κ2) is 5.86. The summed E-state index contributed by atoms with van der Waals surface area (Å²) in [5.74, 6) is 0.195. The third-order valence-corrected chi connectivity index (χ3v) is 4.08. The zero-order chi connectivity index (χ0) is 17.4. The predicted octanol–water partition coefficient (Wildman–Crippen LogP) is 2.92. The van der Waals surface area contributed by atoms with Crippen molar-refractivity contribution in [3.05, 3.63) is 60.3 Å². The van der Waals surface area contributed by atoms with Gasteiger partial charge in [0.15, 0.2) is 5.69 Å². The molecule has 0 unspecified atom stereocenters. The van der Waals surface area contributed by atoms with Crippen LogP contribution in [0.2, 0.25) is 0 Å². The van der Waals surface area contributed by atoms with Gasteiger partial charge >= 0.3 is 0 Å². The monoisotopic (exact) mass is 332 g/mol. The summed E-state index contributed by atoms with van der Waals surface area (Å²) in [7, 11) is 1.80. The Hall–Kier alpha value is -3.48. The molecule has 0 aliphatic rings. The Bertz CT molecular complexity index is 1040. The van der Waals surface area contributed by atoms with Gasteiger partial charge in [0, 0.05) is 54.0 Å². The van der Waals surface area contributed by atoms with E-state index < -0.39 is 0 Å². The lowest BCUT2D eigenvalue weighted by molar-refractivity contribution is 0.102. The van der Waals surface area contributed by atoms with Crippen molar-refractivity contribution < 1.29 is 4.79 Å². The molecule has 4 aromatic heterocycles. The van der Waals surface area contributed by atoms with E-state index in [1.807, 2.05) is 31.2 Å². The number of pyridine rings is 2. The van der Waals surface area contributed by atoms with Gasteiger partial charge in [0.1, 0.15) is 5.82 Å². The third-order valence-electron chi connectivity index (χ3n) is 4.08. The Morgan fingerprint density at radius 2 is 2.00 bits per heavy atom. The summed E-state index contributed by atoms with van der Waals surface area (Å²) >= 11 is 0. The van der Waals surface area contributed by atoms with Crippen LogP contribution < -0.4 is 5.32 Å². The maximum atomic E-state index is 12.3. The lowest BCUT2D eigenvalue weighted by Gasteiger charge is -2.02. The van der Waals surface area contributed by atoms with Crippen LogP contribution in [0.25, 0.3) is 22.2 Å². The molecule has 1 amide bonds. The van der Waals surface area contributed by atoms with Crippen molar-refractivity contribution in [1.82, 2.24) is 24.7 Å². The molecule has 25 heavy (non-hydrogen) atoms. The molecule has 7 heteroatoms. The first kappa shape index (κ1) is 15.1. The number of fused-ring (bicyclic) bond motifs is 1. The Kier molecular flexibility index (Phi) is 3.53. The quantitative estimate of drug-likeness (QED) is 0.604. The van der Waals surface area contributed by atoms with Crippen molar-refractivity contribution in [2.24, 2.45) is 7.05 Å². The van der Waals surface area contributed by atoms with Gasteiger partial charge in [-0.25, -0.2) is 4.98 Å². The van der Waals surface area contributed by atoms with E-state index in [2.05, 4.69) is 25.4 Å². The molecule has 4 heterocycles. The number of hydrogen-bond acceptors (Lipinski definition) is 4. The Balaban J connectivity index is 1.62. The first-order chi connectivity index (χ1) is 12.1. The van der Waals surface area contributed by atoms with Gasteiger partial charge in [-0.3, -0.25) is 14.5 Å². The number of aromatic amines is 1. The Morgan fingerprint density at radius 3 is 2.72 bits per heavy atom. The fraction of sp³-hybridized carbons (Fsp3) is 0.111. The normalized spacial score (nSPS) is 11.0. The molecular weight excluding hydrogens is 316 g/mol. The van der Waals surface area contributed by atoms with Gasteiger partial charge in [0.2, 0.25) is 0 Å². The van der Waals surface area contributed by atoms with Crippen LogP contribution in [-0.2, 0) is 7.05 Å². The number of carbonyl (C=O) groups is 1. The fourth-order valence-corrected chi connectivity index (χ4v) is 2.63. The molecule has 0 aromatic carbocycles. The minimum atomic E-state index is -0.281. The van der Waals surface area contributed by atoms with Gasteiger partial charge in [-0.1, -0.05) is 0 Å². The molecular formula is C18H16N6O. The van der Waals surface area contributed by atoms with Crippen molar-refractivity contribution >= 4 is 22.6 Å². The van der Waals surface area contributed by atoms with E-state index in [4.69, 9.17) is 0 Å². The van der Waals surface area contributed by atoms with Crippen LogP contribution in [0, 0.1) is 6.92 Å². The van der Waals surface area contributed by atoms with E-state index >= 15 is 0 Å². The van der Waals surface area contributed by atoms with E-state index in [1.54, 1.807) is 36.4 Å². The zero-order valence-corrected chi connectivity index (χ0v) is 13.8. The summed E-state index contributed by atoms with van der Waals surface area (Å²) in [5.41, 5.74) is 4.20. The van der Waals surface area contributed by atoms with Gasteiger partial charge in [-0.05, 0) is 31.2 Å². The van der Waals surface area contributed by atoms with Crippen molar-refractivity contribution in [3.63, 3.8) is 0 Å². The average molecular weight is 332 g/mol. The average Bonchev–Trinajstić information content (AvgIpc) is 3.19. The Morgan fingerprint density at radius 1 is 1.20 bits per heavy atom. The molecule has 2 N–H and O–H groups in total. The molecule has 0 saturated carbocycles. The number of aromatic nitrogens is 5. The van der Waals surface area contributed by atoms with Crippen LogP contribution in [0.1, 0.15) is 16.2 Å². The number of carbonyl (C=O) groups excluding carboxylic acids is 1. The molecule has 124 valence electrons. The van der Waals surface area contributed by atoms with E-state index in [1.165, 1.54) is 0 Å². The third kappa shape index (κ3) is 2.87. The van der Waals surface area contributed by atoms with Crippen LogP contribution in [0.3, 0.4) is 0 Å². The summed E-state index contributed by atoms with van der Waals surface area (Å²) in [4.78, 5) is 24.0. The summed E-state index contributed by atoms with van der Waals surface area (Å²) < 4.78 is 1.66. The van der Waals surface area contributed by atoms with Gasteiger partial charge < -0.3 is 10.3 Å². The molecule has 4 rings (SSSR count). The van der Waals surface area contributed by atoms with E-state index in [9.17, 15) is 4.79 Å². The Labute approximate surface area is 143 Å². The second-order valence-electron chi connectivity index (χ2n) is 5.82. The molecule has 4 aromatic rings. The number of anilines is 1. The lowest BCUT2D eigenvalue weighted by atomic mass is 10.2. The van der Waals surface area contributed by atoms with Crippen LogP contribution in [0.15, 0.2) is 48.9 Å². The standard InChI is InChI=1S/C18H16N6O/c1-11-7-16(23-24(11)2)18(25)22-17-9-15-13(10-20-17)8-14(21-15)12-3-5-19-6-4-12/h3-10,21H,1-2H3,(H,20,22,25).